The minimum atomic E-state index is -0.634. The number of benzene rings is 3. The van der Waals surface area contributed by atoms with Crippen LogP contribution in [0.1, 0.15) is 18.5 Å². The fourth-order valence-electron chi connectivity index (χ4n) is 3.24. The van der Waals surface area contributed by atoms with Gasteiger partial charge in [-0.05, 0) is 78.6 Å². The van der Waals surface area contributed by atoms with Crippen LogP contribution in [0.2, 0.25) is 0 Å². The van der Waals surface area contributed by atoms with Gasteiger partial charge < -0.3 is 15.4 Å². The molecule has 3 N–H and O–H groups in total. The Morgan fingerprint density at radius 1 is 0.939 bits per heavy atom. The van der Waals surface area contributed by atoms with Gasteiger partial charge in [0.2, 0.25) is 5.88 Å². The van der Waals surface area contributed by atoms with Gasteiger partial charge in [-0.25, -0.2) is 14.2 Å². The number of hydrogen-bond donors (Lipinski definition) is 3. The third-order valence-electron chi connectivity index (χ3n) is 4.93. The van der Waals surface area contributed by atoms with Crippen LogP contribution in [0, 0.1) is 5.82 Å². The smallest absolute Gasteiger partial charge is 0.390 e. The number of halogens is 1. The molecule has 6 nitrogen and oxygen atoms in total. The van der Waals surface area contributed by atoms with E-state index in [0.717, 1.165) is 22.0 Å². The van der Waals surface area contributed by atoms with Crippen LogP contribution in [0.3, 0.4) is 0 Å². The summed E-state index contributed by atoms with van der Waals surface area (Å²) >= 11 is 5.36. The Hall–Kier alpha value is -4.04. The number of anilines is 2. The summed E-state index contributed by atoms with van der Waals surface area (Å²) in [6.45, 7) is 1.94. The van der Waals surface area contributed by atoms with Crippen LogP contribution >= 0.6 is 12.2 Å². The maximum absolute atomic E-state index is 13.1. The van der Waals surface area contributed by atoms with E-state index in [-0.39, 0.29) is 17.7 Å². The average molecular weight is 461 g/mol. The number of thiocarbonyl (C=S) groups is 1. The molecule has 0 aliphatic carbocycles. The summed E-state index contributed by atoms with van der Waals surface area (Å²) < 4.78 is 18.5. The zero-order chi connectivity index (χ0) is 23.2. The maximum Gasteiger partial charge on any atom is 0.418 e. The Labute approximate surface area is 195 Å². The number of hydrogen-bond acceptors (Lipinski definition) is 4. The Bertz CT molecular complexity index is 1270. The number of carbonyl (C=O) groups is 1. The molecule has 8 heteroatoms. The van der Waals surface area contributed by atoms with Crippen molar-refractivity contribution in [2.75, 3.05) is 10.6 Å². The lowest BCUT2D eigenvalue weighted by molar-refractivity contribution is 0.214. The number of aromatic nitrogens is 1. The Kier molecular flexibility index (Phi) is 6.75. The summed E-state index contributed by atoms with van der Waals surface area (Å²) in [6.07, 6.45) is 0.962. The van der Waals surface area contributed by atoms with Crippen molar-refractivity contribution in [3.8, 4) is 5.88 Å². The summed E-state index contributed by atoms with van der Waals surface area (Å²) in [4.78, 5) is 16.5. The van der Waals surface area contributed by atoms with Crippen LogP contribution in [0.15, 0.2) is 85.1 Å². The van der Waals surface area contributed by atoms with Crippen LogP contribution in [0.5, 0.6) is 5.88 Å². The minimum Gasteiger partial charge on any atom is -0.390 e. The van der Waals surface area contributed by atoms with Gasteiger partial charge in [-0.2, -0.15) is 0 Å². The first-order chi connectivity index (χ1) is 16.0. The predicted molar refractivity (Wildman–Crippen MR) is 132 cm³/mol. The third-order valence-corrected chi connectivity index (χ3v) is 5.15. The lowest BCUT2D eigenvalue weighted by Gasteiger charge is -2.17. The number of amides is 1. The molecule has 0 saturated carbocycles. The van der Waals surface area contributed by atoms with Crippen molar-refractivity contribution in [3.63, 3.8) is 0 Å². The molecule has 1 atom stereocenters. The van der Waals surface area contributed by atoms with Crippen LogP contribution in [-0.2, 0) is 0 Å². The highest BCUT2D eigenvalue weighted by molar-refractivity contribution is 7.80. The molecule has 0 fully saturated rings. The molecule has 33 heavy (non-hydrogen) atoms. The predicted octanol–water partition coefficient (Wildman–Crippen LogP) is 6.03. The molecule has 4 rings (SSSR count). The monoisotopic (exact) mass is 460 g/mol. The molecule has 0 aliphatic rings. The average Bonchev–Trinajstić information content (AvgIpc) is 2.81. The summed E-state index contributed by atoms with van der Waals surface area (Å²) in [5.74, 6) is -0.0341. The molecule has 0 spiro atoms. The zero-order valence-corrected chi connectivity index (χ0v) is 18.5. The van der Waals surface area contributed by atoms with Gasteiger partial charge in [0.15, 0.2) is 5.11 Å². The van der Waals surface area contributed by atoms with E-state index in [0.29, 0.717) is 10.8 Å². The highest BCUT2D eigenvalue weighted by Gasteiger charge is 2.10. The summed E-state index contributed by atoms with van der Waals surface area (Å²) in [5, 5.41) is 11.0. The normalized spacial score (nSPS) is 11.5. The molecule has 1 aromatic heterocycles. The molecule has 0 saturated heterocycles. The summed E-state index contributed by atoms with van der Waals surface area (Å²) in [5.41, 5.74) is 2.22. The number of fused-ring (bicyclic) bond motifs is 1. The Morgan fingerprint density at radius 2 is 1.61 bits per heavy atom. The maximum atomic E-state index is 13.1. The number of nitrogens with zero attached hydrogens (tertiary/aromatic N) is 1. The third kappa shape index (κ3) is 5.81. The Balaban J connectivity index is 1.31. The fraction of sp³-hybridized carbons (Fsp3) is 0.0800. The molecule has 166 valence electrons. The molecule has 0 aliphatic heterocycles. The molecule has 1 heterocycles. The first-order valence-corrected chi connectivity index (χ1v) is 10.6. The van der Waals surface area contributed by atoms with Gasteiger partial charge in [0.25, 0.3) is 0 Å². The van der Waals surface area contributed by atoms with Gasteiger partial charge in [-0.15, -0.1) is 0 Å². The SMILES string of the molecule is CC(NC(=S)Nc1ccc(NC(=O)Oc2nccc3ccccc23)cc1)c1ccc(F)cc1. The molecule has 0 radical (unpaired) electrons. The van der Waals surface area contributed by atoms with Crippen molar-refractivity contribution in [2.24, 2.45) is 0 Å². The second-order valence-corrected chi connectivity index (χ2v) is 7.71. The van der Waals surface area contributed by atoms with Crippen molar-refractivity contribution in [2.45, 2.75) is 13.0 Å². The minimum absolute atomic E-state index is 0.0935. The molecular formula is C25H21FN4O2S. The van der Waals surface area contributed by atoms with Gasteiger partial charge in [0.1, 0.15) is 5.82 Å². The van der Waals surface area contributed by atoms with Crippen molar-refractivity contribution in [1.29, 1.82) is 0 Å². The van der Waals surface area contributed by atoms with Crippen LogP contribution in [0.25, 0.3) is 10.8 Å². The lowest BCUT2D eigenvalue weighted by atomic mass is 10.1. The van der Waals surface area contributed by atoms with Gasteiger partial charge >= 0.3 is 6.09 Å². The van der Waals surface area contributed by atoms with Crippen LogP contribution in [0.4, 0.5) is 20.6 Å². The molecular weight excluding hydrogens is 439 g/mol. The highest BCUT2D eigenvalue weighted by Crippen LogP contribution is 2.23. The highest BCUT2D eigenvalue weighted by atomic mass is 32.1. The lowest BCUT2D eigenvalue weighted by Crippen LogP contribution is -2.30. The van der Waals surface area contributed by atoms with Crippen molar-refractivity contribution >= 4 is 45.6 Å². The number of pyridine rings is 1. The second-order valence-electron chi connectivity index (χ2n) is 7.30. The van der Waals surface area contributed by atoms with Gasteiger partial charge in [-0.1, -0.05) is 30.3 Å². The van der Waals surface area contributed by atoms with Crippen LogP contribution in [-0.4, -0.2) is 16.2 Å². The molecule has 1 unspecified atom stereocenters. The molecule has 1 amide bonds. The quantitative estimate of drug-likeness (QED) is 0.316. The van der Waals surface area contributed by atoms with Crippen molar-refractivity contribution in [3.05, 3.63) is 96.4 Å². The van der Waals surface area contributed by atoms with Crippen LogP contribution < -0.4 is 20.7 Å². The van der Waals surface area contributed by atoms with E-state index in [4.69, 9.17) is 17.0 Å². The van der Waals surface area contributed by atoms with E-state index < -0.39 is 6.09 Å². The first-order valence-electron chi connectivity index (χ1n) is 10.2. The van der Waals surface area contributed by atoms with E-state index >= 15 is 0 Å². The van der Waals surface area contributed by atoms with Crippen molar-refractivity contribution < 1.29 is 13.9 Å². The van der Waals surface area contributed by atoms with E-state index in [9.17, 15) is 9.18 Å². The molecule has 4 aromatic rings. The standard InChI is InChI=1S/C25H21FN4O2S/c1-16(17-6-8-19(26)9-7-17)28-24(33)29-20-10-12-21(13-11-20)30-25(31)32-23-22-5-3-2-4-18(22)14-15-27-23/h2-16H,1H3,(H,30,31)(H2,28,29,33). The second kappa shape index (κ2) is 10.1. The number of carbonyl (C=O) groups excluding carboxylic acids is 1. The largest absolute Gasteiger partial charge is 0.418 e. The first kappa shape index (κ1) is 22.2. The molecule has 3 aromatic carbocycles. The van der Waals surface area contributed by atoms with E-state index in [1.54, 1.807) is 42.6 Å². The van der Waals surface area contributed by atoms with Gasteiger partial charge in [0.05, 0.1) is 6.04 Å². The number of ether oxygens (including phenoxy) is 1. The van der Waals surface area contributed by atoms with E-state index in [2.05, 4.69) is 20.9 Å². The Morgan fingerprint density at radius 3 is 2.33 bits per heavy atom. The van der Waals surface area contributed by atoms with E-state index in [1.165, 1.54) is 12.1 Å². The number of rotatable bonds is 5. The number of nitrogens with one attached hydrogen (secondary N) is 3. The van der Waals surface area contributed by atoms with E-state index in [1.807, 2.05) is 37.3 Å². The van der Waals surface area contributed by atoms with Crippen molar-refractivity contribution in [1.82, 2.24) is 10.3 Å². The molecule has 0 bridgehead atoms. The fourth-order valence-corrected chi connectivity index (χ4v) is 3.53. The topological polar surface area (TPSA) is 75.3 Å². The summed E-state index contributed by atoms with van der Waals surface area (Å²) in [7, 11) is 0. The summed E-state index contributed by atoms with van der Waals surface area (Å²) in [6, 6.07) is 22.6. The van der Waals surface area contributed by atoms with Gasteiger partial charge in [-0.3, -0.25) is 5.32 Å². The zero-order valence-electron chi connectivity index (χ0n) is 17.7. The van der Waals surface area contributed by atoms with Gasteiger partial charge in [0, 0.05) is 23.0 Å².